The first-order valence-electron chi connectivity index (χ1n) is 12.9. The molecule has 196 valence electrons. The van der Waals surface area contributed by atoms with E-state index in [2.05, 4.69) is 10.5 Å². The van der Waals surface area contributed by atoms with Gasteiger partial charge in [-0.2, -0.15) is 5.10 Å². The van der Waals surface area contributed by atoms with Gasteiger partial charge in [0.1, 0.15) is 11.7 Å². The van der Waals surface area contributed by atoms with Crippen LogP contribution in [0.15, 0.2) is 28.9 Å². The van der Waals surface area contributed by atoms with E-state index in [1.807, 2.05) is 13.8 Å². The Morgan fingerprint density at radius 3 is 2.75 bits per heavy atom. The molecule has 0 aromatic rings. The van der Waals surface area contributed by atoms with Gasteiger partial charge in [0.05, 0.1) is 6.10 Å². The van der Waals surface area contributed by atoms with Gasteiger partial charge in [-0.25, -0.2) is 8.78 Å². The van der Waals surface area contributed by atoms with Crippen LogP contribution in [0.3, 0.4) is 0 Å². The molecule has 1 aliphatic heterocycles. The normalized spacial score (nSPS) is 46.2. The highest BCUT2D eigenvalue weighted by Crippen LogP contribution is 2.71. The minimum atomic E-state index is -2.21. The van der Waals surface area contributed by atoms with Crippen LogP contribution in [-0.2, 0) is 19.1 Å². The fourth-order valence-electron chi connectivity index (χ4n) is 8.17. The van der Waals surface area contributed by atoms with Crippen LogP contribution in [0.25, 0.3) is 0 Å². The second kappa shape index (κ2) is 8.30. The summed E-state index contributed by atoms with van der Waals surface area (Å²) in [6, 6.07) is 0. The van der Waals surface area contributed by atoms with Crippen molar-refractivity contribution in [2.45, 2.75) is 82.8 Å². The fraction of sp³-hybridized carbons (Fsp3) is 0.704. The van der Waals surface area contributed by atoms with Crippen LogP contribution >= 0.6 is 0 Å². The molecule has 36 heavy (non-hydrogen) atoms. The van der Waals surface area contributed by atoms with Gasteiger partial charge < -0.3 is 9.84 Å². The summed E-state index contributed by atoms with van der Waals surface area (Å²) in [5, 5.41) is 15.6. The lowest BCUT2D eigenvalue weighted by Crippen LogP contribution is -2.72. The maximum absolute atomic E-state index is 17.3. The summed E-state index contributed by atoms with van der Waals surface area (Å²) in [6.07, 6.45) is 4.24. The van der Waals surface area contributed by atoms with Gasteiger partial charge in [0, 0.05) is 35.3 Å². The van der Waals surface area contributed by atoms with Gasteiger partial charge in [-0.15, -0.1) is 0 Å². The van der Waals surface area contributed by atoms with E-state index >= 15 is 8.78 Å². The van der Waals surface area contributed by atoms with E-state index in [0.717, 1.165) is 12.5 Å². The van der Waals surface area contributed by atoms with Gasteiger partial charge in [0.2, 0.25) is 0 Å². The third-order valence-corrected chi connectivity index (χ3v) is 10.0. The molecule has 5 rings (SSSR count). The van der Waals surface area contributed by atoms with E-state index in [-0.39, 0.29) is 30.6 Å². The molecular weight excluding hydrogens is 470 g/mol. The van der Waals surface area contributed by atoms with Crippen molar-refractivity contribution >= 4 is 23.8 Å². The molecule has 0 saturated heterocycles. The second-order valence-electron chi connectivity index (χ2n) is 11.6. The summed E-state index contributed by atoms with van der Waals surface area (Å²) in [6.45, 7) is 4.90. The number of ether oxygens (including phenoxy) is 1. The van der Waals surface area contributed by atoms with Gasteiger partial charge in [-0.05, 0) is 56.3 Å². The molecule has 0 amide bonds. The lowest BCUT2D eigenvalue weighted by Gasteiger charge is -2.63. The fourth-order valence-corrected chi connectivity index (χ4v) is 8.17. The number of hydrogen-bond donors (Lipinski definition) is 2. The number of alkyl halides is 2. The third-order valence-electron chi connectivity index (χ3n) is 10.0. The van der Waals surface area contributed by atoms with E-state index in [1.165, 1.54) is 12.2 Å². The largest absolute Gasteiger partial charge is 0.458 e. The Bertz CT molecular complexity index is 1090. The number of halogens is 2. The number of allylic oxidation sites excluding steroid dienone is 4. The number of aliphatic hydroxyl groups is 1. The molecule has 7 nitrogen and oxygen atoms in total. The summed E-state index contributed by atoms with van der Waals surface area (Å²) in [5.74, 6) is -2.97. The van der Waals surface area contributed by atoms with Crippen molar-refractivity contribution in [3.8, 4) is 0 Å². The highest BCUT2D eigenvalue weighted by Gasteiger charge is 2.78. The molecule has 0 bridgehead atoms. The van der Waals surface area contributed by atoms with Crippen molar-refractivity contribution in [2.24, 2.45) is 33.7 Å². The SMILES string of the molecule is CCCCC(=O)OCC(=O)C12NN=CC1CC1C3CC(F)C4=CC(=O)C=CC4(C)C3(F)C(O)CC12C. The molecule has 5 aliphatic rings. The number of ketones is 2. The van der Waals surface area contributed by atoms with Crippen molar-refractivity contribution in [1.29, 1.82) is 0 Å². The molecule has 3 saturated carbocycles. The van der Waals surface area contributed by atoms with Crippen LogP contribution < -0.4 is 5.43 Å². The Labute approximate surface area is 209 Å². The summed E-state index contributed by atoms with van der Waals surface area (Å²) in [4.78, 5) is 37.8. The zero-order valence-electron chi connectivity index (χ0n) is 20.9. The topological polar surface area (TPSA) is 105 Å². The molecule has 9 heteroatoms. The van der Waals surface area contributed by atoms with Crippen molar-refractivity contribution < 1.29 is 33.0 Å². The highest BCUT2D eigenvalue weighted by atomic mass is 19.1. The number of Topliss-reactive ketones (excluding diaryl/α,β-unsaturated/α-hetero) is 1. The number of esters is 1. The third kappa shape index (κ3) is 3.04. The highest BCUT2D eigenvalue weighted by molar-refractivity contribution is 6.01. The molecule has 0 radical (unpaired) electrons. The van der Waals surface area contributed by atoms with Gasteiger partial charge in [-0.1, -0.05) is 26.3 Å². The number of rotatable bonds is 6. The molecule has 4 aliphatic carbocycles. The molecule has 9 atom stereocenters. The first-order valence-corrected chi connectivity index (χ1v) is 12.9. The van der Waals surface area contributed by atoms with Crippen LogP contribution in [-0.4, -0.2) is 58.9 Å². The Balaban J connectivity index is 1.50. The second-order valence-corrected chi connectivity index (χ2v) is 11.6. The van der Waals surface area contributed by atoms with Crippen LogP contribution in [0.2, 0.25) is 0 Å². The summed E-state index contributed by atoms with van der Waals surface area (Å²) >= 11 is 0. The maximum atomic E-state index is 17.3. The zero-order chi connectivity index (χ0) is 26.1. The van der Waals surface area contributed by atoms with Crippen molar-refractivity contribution in [3.05, 3.63) is 23.8 Å². The van der Waals surface area contributed by atoms with Crippen LogP contribution in [0.1, 0.15) is 59.3 Å². The Kier molecular flexibility index (Phi) is 5.82. The number of hydrogen-bond acceptors (Lipinski definition) is 7. The minimum Gasteiger partial charge on any atom is -0.458 e. The standard InChI is InChI=1S/C27H34F2N2O5/c1-4-5-6-23(35)36-14-22(34)27-15(13-30-31-27)9-17-18-11-20(28)19-10-16(32)7-8-24(19,2)26(18,29)21(33)12-25(17,27)3/h7-8,10,13,15,17-18,20-21,31,33H,4-6,9,11-12,14H2,1-3H3. The van der Waals surface area contributed by atoms with Gasteiger partial charge in [0.25, 0.3) is 0 Å². The number of aliphatic hydroxyl groups excluding tert-OH is 1. The number of nitrogens with zero attached hydrogens (tertiary/aromatic N) is 1. The molecule has 1 heterocycles. The maximum Gasteiger partial charge on any atom is 0.306 e. The van der Waals surface area contributed by atoms with Crippen LogP contribution in [0.4, 0.5) is 8.78 Å². The smallest absolute Gasteiger partial charge is 0.306 e. The number of carbonyl (C=O) groups excluding carboxylic acids is 3. The molecule has 9 unspecified atom stereocenters. The van der Waals surface area contributed by atoms with Crippen LogP contribution in [0.5, 0.6) is 0 Å². The summed E-state index contributed by atoms with van der Waals surface area (Å²) < 4.78 is 38.1. The molecule has 0 spiro atoms. The number of fused-ring (bicyclic) bond motifs is 7. The first kappa shape index (κ1) is 25.2. The molecule has 0 aromatic heterocycles. The van der Waals surface area contributed by atoms with Gasteiger partial charge >= 0.3 is 5.97 Å². The first-order chi connectivity index (χ1) is 17.0. The Morgan fingerprint density at radius 1 is 1.28 bits per heavy atom. The van der Waals surface area contributed by atoms with Crippen LogP contribution in [0, 0.1) is 28.6 Å². The minimum absolute atomic E-state index is 0.0609. The van der Waals surface area contributed by atoms with E-state index in [0.29, 0.717) is 12.8 Å². The molecule has 0 aromatic carbocycles. The lowest BCUT2D eigenvalue weighted by atomic mass is 9.44. The monoisotopic (exact) mass is 504 g/mol. The predicted molar refractivity (Wildman–Crippen MR) is 127 cm³/mol. The quantitative estimate of drug-likeness (QED) is 0.539. The van der Waals surface area contributed by atoms with Crippen molar-refractivity contribution in [2.75, 3.05) is 6.61 Å². The van der Waals surface area contributed by atoms with E-state index in [9.17, 15) is 19.5 Å². The lowest BCUT2D eigenvalue weighted by molar-refractivity contribution is -0.206. The Hall–Kier alpha value is -2.42. The number of hydrazone groups is 1. The van der Waals surface area contributed by atoms with Gasteiger partial charge in [0.15, 0.2) is 23.8 Å². The molecular formula is C27H34F2N2O5. The van der Waals surface area contributed by atoms with Crippen molar-refractivity contribution in [3.63, 3.8) is 0 Å². The number of unbranched alkanes of at least 4 members (excludes halogenated alkanes) is 1. The van der Waals surface area contributed by atoms with E-state index in [4.69, 9.17) is 4.74 Å². The summed E-state index contributed by atoms with van der Waals surface area (Å²) in [7, 11) is 0. The van der Waals surface area contributed by atoms with Gasteiger partial charge in [-0.3, -0.25) is 19.8 Å². The Morgan fingerprint density at radius 2 is 2.03 bits per heavy atom. The predicted octanol–water partition coefficient (Wildman–Crippen LogP) is 3.16. The average Bonchev–Trinajstić information content (AvgIpc) is 3.36. The zero-order valence-corrected chi connectivity index (χ0v) is 20.9. The summed E-state index contributed by atoms with van der Waals surface area (Å²) in [5.41, 5.74) is -2.89. The molecule has 3 fully saturated rings. The molecule has 2 N–H and O–H groups in total. The van der Waals surface area contributed by atoms with E-state index in [1.54, 1.807) is 13.1 Å². The number of nitrogens with one attached hydrogen (secondary N) is 1. The average molecular weight is 505 g/mol. The number of carbonyl (C=O) groups is 3. The van der Waals surface area contributed by atoms with E-state index < -0.39 is 70.4 Å². The van der Waals surface area contributed by atoms with Crippen molar-refractivity contribution in [1.82, 2.24) is 5.43 Å².